The monoisotopic (exact) mass is 273 g/mol. The van der Waals surface area contributed by atoms with Gasteiger partial charge in [-0.1, -0.05) is 43.3 Å². The van der Waals surface area contributed by atoms with Crippen molar-refractivity contribution in [2.24, 2.45) is 5.92 Å². The van der Waals surface area contributed by atoms with Crippen molar-refractivity contribution in [1.29, 1.82) is 0 Å². The van der Waals surface area contributed by atoms with Gasteiger partial charge in [-0.15, -0.1) is 6.58 Å². The predicted molar refractivity (Wildman–Crippen MR) is 76.1 cm³/mol. The number of amides is 2. The number of rotatable bonds is 5. The highest BCUT2D eigenvalue weighted by molar-refractivity contribution is 5.94. The van der Waals surface area contributed by atoms with Crippen LogP contribution in [0.15, 0.2) is 43.0 Å². The highest BCUT2D eigenvalue weighted by Crippen LogP contribution is 2.21. The van der Waals surface area contributed by atoms with Crippen molar-refractivity contribution in [3.05, 3.63) is 48.6 Å². The molecule has 4 heteroatoms. The minimum Gasteiger partial charge on any atom is -0.447 e. The molecule has 2 rings (SSSR count). The van der Waals surface area contributed by atoms with Crippen molar-refractivity contribution >= 4 is 12.0 Å². The molecule has 1 saturated heterocycles. The van der Waals surface area contributed by atoms with Gasteiger partial charge in [-0.25, -0.2) is 9.69 Å². The molecule has 2 atom stereocenters. The van der Waals surface area contributed by atoms with Crippen LogP contribution < -0.4 is 0 Å². The molecule has 20 heavy (non-hydrogen) atoms. The molecule has 0 bridgehead atoms. The number of carbonyl (C=O) groups is 2. The van der Waals surface area contributed by atoms with Gasteiger partial charge in [-0.05, 0) is 18.4 Å². The molecule has 0 saturated carbocycles. The zero-order valence-electron chi connectivity index (χ0n) is 11.6. The van der Waals surface area contributed by atoms with E-state index in [9.17, 15) is 9.59 Å². The van der Waals surface area contributed by atoms with E-state index in [4.69, 9.17) is 4.74 Å². The van der Waals surface area contributed by atoms with Crippen LogP contribution in [0.5, 0.6) is 0 Å². The summed E-state index contributed by atoms with van der Waals surface area (Å²) in [6.45, 7) is 5.69. The number of imide groups is 1. The molecule has 4 nitrogen and oxygen atoms in total. The lowest BCUT2D eigenvalue weighted by atomic mass is 10.0. The Balaban J connectivity index is 2.10. The third-order valence-corrected chi connectivity index (χ3v) is 3.45. The fourth-order valence-corrected chi connectivity index (χ4v) is 2.36. The second-order valence-corrected chi connectivity index (χ2v) is 5.05. The van der Waals surface area contributed by atoms with Gasteiger partial charge in [-0.2, -0.15) is 0 Å². The van der Waals surface area contributed by atoms with E-state index in [0.29, 0.717) is 12.8 Å². The Labute approximate surface area is 119 Å². The lowest BCUT2D eigenvalue weighted by Crippen LogP contribution is -2.42. The molecule has 1 aromatic rings. The molecule has 106 valence electrons. The Morgan fingerprint density at radius 1 is 1.50 bits per heavy atom. The van der Waals surface area contributed by atoms with E-state index >= 15 is 0 Å². The lowest BCUT2D eigenvalue weighted by molar-refractivity contribution is -0.132. The summed E-state index contributed by atoms with van der Waals surface area (Å²) in [5.41, 5.74) is 1.09. The molecule has 0 spiro atoms. The Morgan fingerprint density at radius 2 is 2.20 bits per heavy atom. The zero-order chi connectivity index (χ0) is 14.5. The van der Waals surface area contributed by atoms with Crippen LogP contribution in [0.2, 0.25) is 0 Å². The second kappa shape index (κ2) is 6.37. The van der Waals surface area contributed by atoms with Crippen molar-refractivity contribution in [2.45, 2.75) is 25.8 Å². The predicted octanol–water partition coefficient (Wildman–Crippen LogP) is 2.79. The number of benzene rings is 1. The summed E-state index contributed by atoms with van der Waals surface area (Å²) in [5.74, 6) is -0.440. The summed E-state index contributed by atoms with van der Waals surface area (Å²) >= 11 is 0. The third-order valence-electron chi connectivity index (χ3n) is 3.45. The van der Waals surface area contributed by atoms with Crippen LogP contribution in [0.1, 0.15) is 18.9 Å². The molecule has 1 unspecified atom stereocenters. The molecule has 0 radical (unpaired) electrons. The molecule has 2 amide bonds. The largest absolute Gasteiger partial charge is 0.447 e. The maximum absolute atomic E-state index is 12.3. The summed E-state index contributed by atoms with van der Waals surface area (Å²) in [4.78, 5) is 25.4. The first-order chi connectivity index (χ1) is 9.63. The third kappa shape index (κ3) is 3.07. The number of carbonyl (C=O) groups excluding carboxylic acids is 2. The number of hydrogen-bond donors (Lipinski definition) is 0. The van der Waals surface area contributed by atoms with Gasteiger partial charge in [0.2, 0.25) is 5.91 Å². The van der Waals surface area contributed by atoms with Crippen molar-refractivity contribution in [2.75, 3.05) is 6.61 Å². The normalized spacial score (nSPS) is 19.6. The highest BCUT2D eigenvalue weighted by Gasteiger charge is 2.39. The summed E-state index contributed by atoms with van der Waals surface area (Å²) in [6.07, 6.45) is 2.34. The number of allylic oxidation sites excluding steroid dienone is 1. The fraction of sp³-hybridized carbons (Fsp3) is 0.375. The maximum atomic E-state index is 12.3. The lowest BCUT2D eigenvalue weighted by Gasteiger charge is -2.22. The Kier molecular flexibility index (Phi) is 4.56. The Hall–Kier alpha value is -2.10. The van der Waals surface area contributed by atoms with E-state index in [2.05, 4.69) is 6.58 Å². The van der Waals surface area contributed by atoms with Crippen LogP contribution >= 0.6 is 0 Å². The standard InChI is InChI=1S/C16H19NO3/c1-3-7-12(2)15(18)17-14(11-20-16(17)19)10-13-8-5-4-6-9-13/h3-6,8-9,12,14H,1,7,10-11H2,2H3/t12-,14?/m1/s1. The van der Waals surface area contributed by atoms with Crippen molar-refractivity contribution in [1.82, 2.24) is 4.90 Å². The highest BCUT2D eigenvalue weighted by atomic mass is 16.6. The molecular formula is C16H19NO3. The number of ether oxygens (including phenoxy) is 1. The van der Waals surface area contributed by atoms with Gasteiger partial charge >= 0.3 is 6.09 Å². The van der Waals surface area contributed by atoms with Gasteiger partial charge in [0.05, 0.1) is 6.04 Å². The topological polar surface area (TPSA) is 46.6 Å². The van der Waals surface area contributed by atoms with E-state index in [0.717, 1.165) is 5.56 Å². The average Bonchev–Trinajstić information content (AvgIpc) is 2.80. The van der Waals surface area contributed by atoms with Crippen LogP contribution in [0.25, 0.3) is 0 Å². The van der Waals surface area contributed by atoms with Gasteiger partial charge in [0.1, 0.15) is 6.61 Å². The van der Waals surface area contributed by atoms with Gasteiger partial charge in [0.25, 0.3) is 0 Å². The van der Waals surface area contributed by atoms with Crippen molar-refractivity contribution < 1.29 is 14.3 Å². The van der Waals surface area contributed by atoms with Crippen LogP contribution in [0.3, 0.4) is 0 Å². The molecular weight excluding hydrogens is 254 g/mol. The van der Waals surface area contributed by atoms with Gasteiger partial charge in [0, 0.05) is 5.92 Å². The minimum atomic E-state index is -0.535. The smallest absolute Gasteiger partial charge is 0.416 e. The summed E-state index contributed by atoms with van der Waals surface area (Å²) < 4.78 is 5.04. The number of nitrogens with zero attached hydrogens (tertiary/aromatic N) is 1. The van der Waals surface area contributed by atoms with E-state index in [1.165, 1.54) is 4.90 Å². The van der Waals surface area contributed by atoms with Gasteiger partial charge < -0.3 is 4.74 Å². The quantitative estimate of drug-likeness (QED) is 0.775. The maximum Gasteiger partial charge on any atom is 0.416 e. The van der Waals surface area contributed by atoms with Crippen LogP contribution in [-0.2, 0) is 16.0 Å². The molecule has 0 aliphatic carbocycles. The van der Waals surface area contributed by atoms with Crippen LogP contribution in [0.4, 0.5) is 4.79 Å². The molecule has 1 aromatic carbocycles. The first-order valence-electron chi connectivity index (χ1n) is 6.78. The molecule has 1 aliphatic heterocycles. The summed E-state index contributed by atoms with van der Waals surface area (Å²) in [5, 5.41) is 0. The molecule has 1 fully saturated rings. The fourth-order valence-electron chi connectivity index (χ4n) is 2.36. The van der Waals surface area contributed by atoms with Gasteiger partial charge in [0.15, 0.2) is 0 Å². The van der Waals surface area contributed by atoms with Crippen LogP contribution in [0, 0.1) is 5.92 Å². The first-order valence-corrected chi connectivity index (χ1v) is 6.78. The molecule has 1 heterocycles. The number of hydrogen-bond acceptors (Lipinski definition) is 3. The van der Waals surface area contributed by atoms with E-state index in [1.807, 2.05) is 30.3 Å². The molecule has 1 aliphatic rings. The van der Waals surface area contributed by atoms with Crippen molar-refractivity contribution in [3.8, 4) is 0 Å². The SMILES string of the molecule is C=CC[C@@H](C)C(=O)N1C(=O)OCC1Cc1ccccc1. The minimum absolute atomic E-state index is 0.187. The van der Waals surface area contributed by atoms with Crippen LogP contribution in [-0.4, -0.2) is 29.5 Å². The van der Waals surface area contributed by atoms with Crippen molar-refractivity contribution in [3.63, 3.8) is 0 Å². The second-order valence-electron chi connectivity index (χ2n) is 5.05. The van der Waals surface area contributed by atoms with Gasteiger partial charge in [-0.3, -0.25) is 4.79 Å². The van der Waals surface area contributed by atoms with E-state index in [-0.39, 0.29) is 24.5 Å². The van der Waals surface area contributed by atoms with E-state index in [1.54, 1.807) is 13.0 Å². The average molecular weight is 273 g/mol. The molecule has 0 aromatic heterocycles. The Bertz CT molecular complexity index is 498. The summed E-state index contributed by atoms with van der Waals surface area (Å²) in [6, 6.07) is 9.58. The first kappa shape index (κ1) is 14.3. The molecule has 0 N–H and O–H groups in total. The summed E-state index contributed by atoms with van der Waals surface area (Å²) in [7, 11) is 0. The number of cyclic esters (lactones) is 1. The Morgan fingerprint density at radius 3 is 2.85 bits per heavy atom. The zero-order valence-corrected chi connectivity index (χ0v) is 11.6. The van der Waals surface area contributed by atoms with E-state index < -0.39 is 6.09 Å².